The van der Waals surface area contributed by atoms with Crippen molar-refractivity contribution in [3.8, 4) is 44.6 Å². The molecular formula is C52H30N2O2. The van der Waals surface area contributed by atoms with Crippen LogP contribution in [0.4, 0.5) is 0 Å². The Kier molecular flexibility index (Phi) is 6.60. The highest BCUT2D eigenvalue weighted by molar-refractivity contribution is 6.24. The predicted molar refractivity (Wildman–Crippen MR) is 231 cm³/mol. The van der Waals surface area contributed by atoms with Crippen LogP contribution in [0.15, 0.2) is 191 Å². The van der Waals surface area contributed by atoms with E-state index in [2.05, 4.69) is 152 Å². The summed E-state index contributed by atoms with van der Waals surface area (Å²) in [6.45, 7) is 0. The van der Waals surface area contributed by atoms with E-state index < -0.39 is 0 Å². The molecule has 4 heteroatoms. The Morgan fingerprint density at radius 1 is 0.321 bits per heavy atom. The van der Waals surface area contributed by atoms with Gasteiger partial charge in [-0.2, -0.15) is 0 Å². The van der Waals surface area contributed by atoms with E-state index in [-0.39, 0.29) is 0 Å². The first-order valence-corrected chi connectivity index (χ1v) is 18.9. The van der Waals surface area contributed by atoms with E-state index in [0.717, 1.165) is 110 Å². The average molecular weight is 715 g/mol. The lowest BCUT2D eigenvalue weighted by atomic mass is 9.95. The first-order chi connectivity index (χ1) is 27.7. The molecule has 0 aliphatic carbocycles. The van der Waals surface area contributed by atoms with Gasteiger partial charge in [-0.15, -0.1) is 0 Å². The largest absolute Gasteiger partial charge is 0.455 e. The van der Waals surface area contributed by atoms with Gasteiger partial charge in [0, 0.05) is 37.9 Å². The molecule has 0 fully saturated rings. The van der Waals surface area contributed by atoms with E-state index >= 15 is 0 Å². The number of fused-ring (bicyclic) bond motifs is 12. The molecule has 0 spiro atoms. The Labute approximate surface area is 320 Å². The van der Waals surface area contributed by atoms with E-state index in [4.69, 9.17) is 18.8 Å². The summed E-state index contributed by atoms with van der Waals surface area (Å²) in [5.41, 5.74) is 13.7. The van der Waals surface area contributed by atoms with Crippen LogP contribution in [-0.2, 0) is 0 Å². The number of rotatable bonds is 4. The normalized spacial score (nSPS) is 11.9. The number of nitrogens with zero attached hydrogens (tertiary/aromatic N) is 2. The van der Waals surface area contributed by atoms with Crippen LogP contribution in [0.5, 0.6) is 0 Å². The molecule has 12 aromatic rings. The minimum absolute atomic E-state index is 0.841. The highest BCUT2D eigenvalue weighted by Gasteiger charge is 2.21. The molecule has 0 saturated heterocycles. The van der Waals surface area contributed by atoms with Gasteiger partial charge in [0.15, 0.2) is 0 Å². The molecular weight excluding hydrogens is 685 g/mol. The summed E-state index contributed by atoms with van der Waals surface area (Å²) in [5, 5.41) is 9.01. The predicted octanol–water partition coefficient (Wildman–Crippen LogP) is 14.4. The van der Waals surface area contributed by atoms with E-state index in [0.29, 0.717) is 0 Å². The van der Waals surface area contributed by atoms with E-state index in [1.165, 1.54) is 10.8 Å². The number of hydrogen-bond donors (Lipinski definition) is 0. The minimum Gasteiger partial charge on any atom is -0.455 e. The van der Waals surface area contributed by atoms with Crippen molar-refractivity contribution < 1.29 is 8.83 Å². The maximum absolute atomic E-state index is 6.53. The molecule has 0 aliphatic rings. The van der Waals surface area contributed by atoms with Crippen LogP contribution in [0, 0.1) is 0 Å². The minimum atomic E-state index is 0.841. The van der Waals surface area contributed by atoms with Gasteiger partial charge in [0.2, 0.25) is 0 Å². The second-order valence-electron chi connectivity index (χ2n) is 14.5. The summed E-state index contributed by atoms with van der Waals surface area (Å²) < 4.78 is 13.1. The smallest absolute Gasteiger partial charge is 0.147 e. The fourth-order valence-corrected chi connectivity index (χ4v) is 8.60. The van der Waals surface area contributed by atoms with Gasteiger partial charge in [0.1, 0.15) is 22.3 Å². The molecule has 0 unspecified atom stereocenters. The number of para-hydroxylation sites is 2. The summed E-state index contributed by atoms with van der Waals surface area (Å²) >= 11 is 0. The zero-order chi connectivity index (χ0) is 36.7. The van der Waals surface area contributed by atoms with Crippen LogP contribution >= 0.6 is 0 Å². The quantitative estimate of drug-likeness (QED) is 0.170. The molecule has 0 radical (unpaired) electrons. The fourth-order valence-electron chi connectivity index (χ4n) is 8.60. The molecule has 4 nitrogen and oxygen atoms in total. The van der Waals surface area contributed by atoms with Gasteiger partial charge in [-0.1, -0.05) is 152 Å². The van der Waals surface area contributed by atoms with Crippen LogP contribution in [0.2, 0.25) is 0 Å². The van der Waals surface area contributed by atoms with Crippen molar-refractivity contribution in [2.24, 2.45) is 0 Å². The van der Waals surface area contributed by atoms with Gasteiger partial charge in [0.25, 0.3) is 0 Å². The van der Waals surface area contributed by atoms with E-state index in [1.54, 1.807) is 0 Å². The van der Waals surface area contributed by atoms with Crippen molar-refractivity contribution in [3.63, 3.8) is 0 Å². The summed E-state index contributed by atoms with van der Waals surface area (Å²) in [6.07, 6.45) is 1.91. The Bertz CT molecular complexity index is 3400. The van der Waals surface area contributed by atoms with Crippen LogP contribution in [-0.4, -0.2) is 9.97 Å². The SMILES string of the molecule is c1cc(-c2ccc(-c3ccc(-c4c5oc6ccccc6c5cc5c4oc4ccccc45)cc3)cc2)cc(-c2cnc3c4ccccc4c4ccccc4c3n2)c1. The Balaban J connectivity index is 0.895. The van der Waals surface area contributed by atoms with Gasteiger partial charge in [-0.25, -0.2) is 4.98 Å². The molecule has 0 bridgehead atoms. The lowest BCUT2D eigenvalue weighted by Crippen LogP contribution is -1.92. The maximum Gasteiger partial charge on any atom is 0.147 e. The van der Waals surface area contributed by atoms with Crippen molar-refractivity contribution >= 4 is 76.5 Å². The second-order valence-corrected chi connectivity index (χ2v) is 14.5. The highest BCUT2D eigenvalue weighted by atomic mass is 16.3. The standard InChI is InChI=1S/C52H30N2O2/c1-3-16-41-37(12-1)38-13-2-4-17-42(38)50-49(41)53-30-45(54-50)36-11-9-10-35(28-36)33-22-20-31(21-23-33)32-24-26-34(27-25-32)48-51-43(39-14-5-7-18-46(39)55-51)29-44-40-15-6-8-19-47(40)56-52(44)48/h1-30H. The topological polar surface area (TPSA) is 52.1 Å². The van der Waals surface area contributed by atoms with Gasteiger partial charge < -0.3 is 8.83 Å². The number of hydrogen-bond acceptors (Lipinski definition) is 4. The molecule has 260 valence electrons. The molecule has 12 rings (SSSR count). The van der Waals surface area contributed by atoms with Crippen molar-refractivity contribution in [3.05, 3.63) is 182 Å². The van der Waals surface area contributed by atoms with Crippen LogP contribution in [0.25, 0.3) is 121 Å². The summed E-state index contributed by atoms with van der Waals surface area (Å²) in [7, 11) is 0. The monoisotopic (exact) mass is 714 g/mol. The van der Waals surface area contributed by atoms with Gasteiger partial charge in [-0.05, 0) is 62.9 Å². The Hall–Kier alpha value is -7.56. The van der Waals surface area contributed by atoms with Crippen molar-refractivity contribution in [2.45, 2.75) is 0 Å². The van der Waals surface area contributed by atoms with Gasteiger partial charge in [0.05, 0.1) is 28.5 Å². The van der Waals surface area contributed by atoms with Crippen LogP contribution in [0.1, 0.15) is 0 Å². The Morgan fingerprint density at radius 2 is 0.786 bits per heavy atom. The van der Waals surface area contributed by atoms with Gasteiger partial charge in [-0.3, -0.25) is 4.98 Å². The molecule has 0 aliphatic heterocycles. The van der Waals surface area contributed by atoms with Gasteiger partial charge >= 0.3 is 0 Å². The first kappa shape index (κ1) is 30.9. The maximum atomic E-state index is 6.53. The molecule has 0 amide bonds. The molecule has 3 heterocycles. The highest BCUT2D eigenvalue weighted by Crippen LogP contribution is 2.45. The lowest BCUT2D eigenvalue weighted by molar-refractivity contribution is 0.658. The number of benzene rings is 9. The first-order valence-electron chi connectivity index (χ1n) is 18.9. The lowest BCUT2D eigenvalue weighted by Gasteiger charge is -2.11. The molecule has 56 heavy (non-hydrogen) atoms. The van der Waals surface area contributed by atoms with Crippen molar-refractivity contribution in [1.29, 1.82) is 0 Å². The fraction of sp³-hybridized carbons (Fsp3) is 0. The summed E-state index contributed by atoms with van der Waals surface area (Å²) in [6, 6.07) is 61.7. The summed E-state index contributed by atoms with van der Waals surface area (Å²) in [4.78, 5) is 10.2. The van der Waals surface area contributed by atoms with E-state index in [9.17, 15) is 0 Å². The van der Waals surface area contributed by atoms with Crippen LogP contribution < -0.4 is 0 Å². The molecule has 0 atom stereocenters. The van der Waals surface area contributed by atoms with Crippen molar-refractivity contribution in [1.82, 2.24) is 9.97 Å². The zero-order valence-electron chi connectivity index (χ0n) is 30.0. The third-order valence-corrected chi connectivity index (χ3v) is 11.3. The van der Waals surface area contributed by atoms with Crippen LogP contribution in [0.3, 0.4) is 0 Å². The average Bonchev–Trinajstić information content (AvgIpc) is 3.84. The molecule has 0 N–H and O–H groups in total. The van der Waals surface area contributed by atoms with Crippen molar-refractivity contribution in [2.75, 3.05) is 0 Å². The molecule has 9 aromatic carbocycles. The molecule has 3 aromatic heterocycles. The zero-order valence-corrected chi connectivity index (χ0v) is 30.0. The third kappa shape index (κ3) is 4.66. The summed E-state index contributed by atoms with van der Waals surface area (Å²) in [5.74, 6) is 0. The number of aromatic nitrogens is 2. The molecule has 0 saturated carbocycles. The van der Waals surface area contributed by atoms with E-state index in [1.807, 2.05) is 30.5 Å². The second kappa shape index (κ2) is 12.0. The number of furan rings is 2. The Morgan fingerprint density at radius 3 is 1.38 bits per heavy atom. The third-order valence-electron chi connectivity index (χ3n) is 11.3.